The van der Waals surface area contributed by atoms with Crippen molar-refractivity contribution in [1.82, 2.24) is 9.55 Å². The molecule has 0 saturated carbocycles. The van der Waals surface area contributed by atoms with Crippen LogP contribution in [0.15, 0.2) is 24.3 Å². The molecular weight excluding hydrogens is 228 g/mol. The van der Waals surface area contributed by atoms with Gasteiger partial charge in [0.25, 0.3) is 0 Å². The van der Waals surface area contributed by atoms with Gasteiger partial charge in [0.05, 0.1) is 25.1 Å². The Balaban J connectivity index is 2.57. The van der Waals surface area contributed by atoms with E-state index in [1.807, 2.05) is 42.8 Å². The minimum atomic E-state index is 0.107. The molecule has 0 amide bonds. The minimum absolute atomic E-state index is 0.107. The maximum atomic E-state index is 9.04. The molecule has 0 aliphatic rings. The van der Waals surface area contributed by atoms with Crippen LogP contribution >= 0.6 is 0 Å². The number of benzene rings is 1. The molecule has 4 heteroatoms. The predicted molar refractivity (Wildman–Crippen MR) is 70.7 cm³/mol. The van der Waals surface area contributed by atoms with E-state index in [1.54, 1.807) is 7.11 Å². The van der Waals surface area contributed by atoms with E-state index in [0.29, 0.717) is 6.42 Å². The first-order valence-corrected chi connectivity index (χ1v) is 5.95. The topological polar surface area (TPSA) is 47.3 Å². The Hall–Kier alpha value is -1.81. The van der Waals surface area contributed by atoms with Crippen LogP contribution in [0.1, 0.15) is 11.5 Å². The summed E-state index contributed by atoms with van der Waals surface area (Å²) in [5, 5.41) is 9.04. The van der Waals surface area contributed by atoms with Crippen LogP contribution in [-0.2, 0) is 13.5 Å². The van der Waals surface area contributed by atoms with Crippen LogP contribution < -0.4 is 4.74 Å². The van der Waals surface area contributed by atoms with Gasteiger partial charge in [-0.25, -0.2) is 4.98 Å². The third-order valence-electron chi connectivity index (χ3n) is 3.06. The summed E-state index contributed by atoms with van der Waals surface area (Å²) in [5.74, 6) is 1.72. The number of aryl methyl sites for hydroxylation is 1. The Kier molecular flexibility index (Phi) is 3.67. The Bertz CT molecular complexity index is 547. The van der Waals surface area contributed by atoms with E-state index in [1.165, 1.54) is 0 Å². The van der Waals surface area contributed by atoms with Crippen LogP contribution in [0.3, 0.4) is 0 Å². The summed E-state index contributed by atoms with van der Waals surface area (Å²) in [4.78, 5) is 4.50. The third kappa shape index (κ3) is 2.11. The summed E-state index contributed by atoms with van der Waals surface area (Å²) >= 11 is 0. The number of aliphatic hydroxyl groups excluding tert-OH is 1. The van der Waals surface area contributed by atoms with E-state index in [9.17, 15) is 0 Å². The van der Waals surface area contributed by atoms with Gasteiger partial charge in [-0.2, -0.15) is 0 Å². The molecule has 18 heavy (non-hydrogen) atoms. The molecule has 1 N–H and O–H groups in total. The molecule has 0 fully saturated rings. The lowest BCUT2D eigenvalue weighted by Crippen LogP contribution is -2.02. The molecule has 1 heterocycles. The van der Waals surface area contributed by atoms with Crippen molar-refractivity contribution in [3.8, 4) is 17.0 Å². The SMILES string of the molecule is COc1ccccc1-c1c(C)nc(CCO)n1C. The Morgan fingerprint density at radius 2 is 2.06 bits per heavy atom. The van der Waals surface area contributed by atoms with Crippen molar-refractivity contribution < 1.29 is 9.84 Å². The smallest absolute Gasteiger partial charge is 0.128 e. The van der Waals surface area contributed by atoms with Crippen LogP contribution in [0, 0.1) is 6.92 Å². The molecule has 0 aliphatic heterocycles. The van der Waals surface area contributed by atoms with Crippen molar-refractivity contribution in [2.75, 3.05) is 13.7 Å². The van der Waals surface area contributed by atoms with Crippen LogP contribution in [0.4, 0.5) is 0 Å². The van der Waals surface area contributed by atoms with Crippen molar-refractivity contribution in [2.24, 2.45) is 7.05 Å². The van der Waals surface area contributed by atoms with Gasteiger partial charge in [0.2, 0.25) is 0 Å². The van der Waals surface area contributed by atoms with Gasteiger partial charge in [0, 0.05) is 19.0 Å². The first-order chi connectivity index (χ1) is 8.69. The molecule has 0 radical (unpaired) electrons. The molecule has 0 saturated heterocycles. The first kappa shape index (κ1) is 12.6. The minimum Gasteiger partial charge on any atom is -0.496 e. The molecule has 2 rings (SSSR count). The number of para-hydroxylation sites is 1. The zero-order valence-electron chi connectivity index (χ0n) is 11.0. The van der Waals surface area contributed by atoms with Gasteiger partial charge >= 0.3 is 0 Å². The number of aromatic nitrogens is 2. The van der Waals surface area contributed by atoms with Gasteiger partial charge in [-0.05, 0) is 19.1 Å². The zero-order valence-corrected chi connectivity index (χ0v) is 11.0. The van der Waals surface area contributed by atoms with Crippen LogP contribution in [0.25, 0.3) is 11.3 Å². The van der Waals surface area contributed by atoms with Crippen LogP contribution in [0.2, 0.25) is 0 Å². The van der Waals surface area contributed by atoms with Crippen molar-refractivity contribution in [3.63, 3.8) is 0 Å². The molecule has 0 aliphatic carbocycles. The first-order valence-electron chi connectivity index (χ1n) is 5.95. The highest BCUT2D eigenvalue weighted by Crippen LogP contribution is 2.32. The fourth-order valence-corrected chi connectivity index (χ4v) is 2.23. The summed E-state index contributed by atoms with van der Waals surface area (Å²) in [7, 11) is 3.63. The van der Waals surface area contributed by atoms with Gasteiger partial charge in [-0.3, -0.25) is 0 Å². The standard InChI is InChI=1S/C14H18N2O2/c1-10-14(16(2)13(15-10)8-9-17)11-6-4-5-7-12(11)18-3/h4-7,17H,8-9H2,1-3H3. The maximum Gasteiger partial charge on any atom is 0.128 e. The van der Waals surface area contributed by atoms with Crippen molar-refractivity contribution >= 4 is 0 Å². The Morgan fingerprint density at radius 1 is 1.33 bits per heavy atom. The average molecular weight is 246 g/mol. The van der Waals surface area contributed by atoms with E-state index in [0.717, 1.165) is 28.5 Å². The van der Waals surface area contributed by atoms with Gasteiger partial charge in [-0.1, -0.05) is 12.1 Å². The number of imidazole rings is 1. The second-order valence-electron chi connectivity index (χ2n) is 4.19. The number of rotatable bonds is 4. The summed E-state index contributed by atoms with van der Waals surface area (Å²) in [5.41, 5.74) is 3.01. The van der Waals surface area contributed by atoms with Gasteiger partial charge < -0.3 is 14.4 Å². The molecule has 0 unspecified atom stereocenters. The summed E-state index contributed by atoms with van der Waals surface area (Å²) in [6.07, 6.45) is 0.562. The number of methoxy groups -OCH3 is 1. The molecular formula is C14H18N2O2. The molecule has 0 bridgehead atoms. The van der Waals surface area contributed by atoms with E-state index < -0.39 is 0 Å². The highest BCUT2D eigenvalue weighted by molar-refractivity contribution is 5.69. The Morgan fingerprint density at radius 3 is 2.72 bits per heavy atom. The second-order valence-corrected chi connectivity index (χ2v) is 4.19. The molecule has 0 atom stereocenters. The lowest BCUT2D eigenvalue weighted by molar-refractivity contribution is 0.295. The van der Waals surface area contributed by atoms with E-state index in [2.05, 4.69) is 4.98 Å². The van der Waals surface area contributed by atoms with E-state index >= 15 is 0 Å². The third-order valence-corrected chi connectivity index (χ3v) is 3.06. The molecule has 1 aromatic heterocycles. The highest BCUT2D eigenvalue weighted by atomic mass is 16.5. The van der Waals surface area contributed by atoms with Crippen LogP contribution in [0.5, 0.6) is 5.75 Å². The summed E-state index contributed by atoms with van der Waals surface area (Å²) in [6, 6.07) is 7.89. The quantitative estimate of drug-likeness (QED) is 0.896. The van der Waals surface area contributed by atoms with Crippen LogP contribution in [-0.4, -0.2) is 28.4 Å². The van der Waals surface area contributed by atoms with E-state index in [4.69, 9.17) is 9.84 Å². The Labute approximate surface area is 107 Å². The van der Waals surface area contributed by atoms with Gasteiger partial charge in [-0.15, -0.1) is 0 Å². The van der Waals surface area contributed by atoms with E-state index in [-0.39, 0.29) is 6.61 Å². The fraction of sp³-hybridized carbons (Fsp3) is 0.357. The monoisotopic (exact) mass is 246 g/mol. The van der Waals surface area contributed by atoms with Crippen molar-refractivity contribution in [1.29, 1.82) is 0 Å². The molecule has 0 spiro atoms. The lowest BCUT2D eigenvalue weighted by Gasteiger charge is -2.10. The summed E-state index contributed by atoms with van der Waals surface area (Å²) in [6.45, 7) is 2.08. The highest BCUT2D eigenvalue weighted by Gasteiger charge is 2.15. The number of hydrogen-bond donors (Lipinski definition) is 1. The molecule has 2 aromatic rings. The number of nitrogens with zero attached hydrogens (tertiary/aromatic N) is 2. The van der Waals surface area contributed by atoms with Crippen molar-refractivity contribution in [2.45, 2.75) is 13.3 Å². The number of ether oxygens (including phenoxy) is 1. The van der Waals surface area contributed by atoms with Gasteiger partial charge in [0.1, 0.15) is 11.6 Å². The normalized spacial score (nSPS) is 10.7. The molecule has 1 aromatic carbocycles. The maximum absolute atomic E-state index is 9.04. The van der Waals surface area contributed by atoms with Crippen molar-refractivity contribution in [3.05, 3.63) is 35.8 Å². The summed E-state index contributed by atoms with van der Waals surface area (Å²) < 4.78 is 7.41. The average Bonchev–Trinajstić information content (AvgIpc) is 2.65. The number of aliphatic hydroxyl groups is 1. The fourth-order valence-electron chi connectivity index (χ4n) is 2.23. The number of hydrogen-bond acceptors (Lipinski definition) is 3. The molecule has 4 nitrogen and oxygen atoms in total. The second kappa shape index (κ2) is 5.23. The molecule has 96 valence electrons. The predicted octanol–water partition coefficient (Wildman–Crippen LogP) is 1.94. The largest absolute Gasteiger partial charge is 0.496 e. The lowest BCUT2D eigenvalue weighted by atomic mass is 10.1. The van der Waals surface area contributed by atoms with Gasteiger partial charge in [0.15, 0.2) is 0 Å². The zero-order chi connectivity index (χ0) is 13.1.